The fourth-order valence-corrected chi connectivity index (χ4v) is 4.01. The first-order valence-corrected chi connectivity index (χ1v) is 11.8. The van der Waals surface area contributed by atoms with E-state index < -0.39 is 27.8 Å². The fourth-order valence-electron chi connectivity index (χ4n) is 2.45. The van der Waals surface area contributed by atoms with Crippen LogP contribution in [-0.4, -0.2) is 37.6 Å². The van der Waals surface area contributed by atoms with Crippen molar-refractivity contribution in [1.82, 2.24) is 4.98 Å². The van der Waals surface area contributed by atoms with Gasteiger partial charge in [0.2, 0.25) is 0 Å². The highest BCUT2D eigenvalue weighted by molar-refractivity contribution is 7.90. The molecule has 1 unspecified atom stereocenters. The summed E-state index contributed by atoms with van der Waals surface area (Å²) >= 11 is 7.23. The molecule has 0 aliphatic rings. The SMILES string of the molecule is CC(OC(=O)c1cc(S(C)(=O)=O)ccc1Cl)C(=O)Nc1nc(-c2ccccc2)cs1. The van der Waals surface area contributed by atoms with E-state index >= 15 is 0 Å². The summed E-state index contributed by atoms with van der Waals surface area (Å²) in [5.74, 6) is -1.48. The normalized spacial score (nSPS) is 12.2. The van der Waals surface area contributed by atoms with Crippen molar-refractivity contribution in [2.75, 3.05) is 11.6 Å². The number of hydrogen-bond acceptors (Lipinski definition) is 7. The molecule has 3 rings (SSSR count). The van der Waals surface area contributed by atoms with Crippen LogP contribution in [0.3, 0.4) is 0 Å². The molecular weight excluding hydrogens is 448 g/mol. The number of anilines is 1. The number of carbonyl (C=O) groups is 2. The van der Waals surface area contributed by atoms with Gasteiger partial charge in [0, 0.05) is 17.2 Å². The highest BCUT2D eigenvalue weighted by Gasteiger charge is 2.23. The van der Waals surface area contributed by atoms with Gasteiger partial charge in [-0.05, 0) is 25.1 Å². The van der Waals surface area contributed by atoms with Gasteiger partial charge in [-0.2, -0.15) is 0 Å². The van der Waals surface area contributed by atoms with Crippen LogP contribution < -0.4 is 5.32 Å². The van der Waals surface area contributed by atoms with E-state index in [0.29, 0.717) is 10.8 Å². The Balaban J connectivity index is 1.68. The lowest BCUT2D eigenvalue weighted by molar-refractivity contribution is -0.123. The molecule has 1 aromatic heterocycles. The molecule has 0 spiro atoms. The molecule has 0 bridgehead atoms. The van der Waals surface area contributed by atoms with Crippen LogP contribution in [0.2, 0.25) is 5.02 Å². The molecule has 0 radical (unpaired) electrons. The molecule has 0 saturated carbocycles. The van der Waals surface area contributed by atoms with Crippen LogP contribution in [0.4, 0.5) is 5.13 Å². The number of aromatic nitrogens is 1. The van der Waals surface area contributed by atoms with Crippen molar-refractivity contribution in [1.29, 1.82) is 0 Å². The maximum absolute atomic E-state index is 12.4. The largest absolute Gasteiger partial charge is 0.449 e. The van der Waals surface area contributed by atoms with Crippen LogP contribution in [0.1, 0.15) is 17.3 Å². The number of benzene rings is 2. The number of rotatable bonds is 6. The Morgan fingerprint density at radius 1 is 1.17 bits per heavy atom. The van der Waals surface area contributed by atoms with E-state index in [4.69, 9.17) is 16.3 Å². The molecule has 156 valence electrons. The molecule has 1 heterocycles. The summed E-state index contributed by atoms with van der Waals surface area (Å²) in [7, 11) is -3.53. The van der Waals surface area contributed by atoms with Gasteiger partial charge >= 0.3 is 5.97 Å². The molecular formula is C20H17ClN2O5S2. The molecule has 0 saturated heterocycles. The second-order valence-electron chi connectivity index (χ2n) is 6.35. The van der Waals surface area contributed by atoms with E-state index in [0.717, 1.165) is 17.9 Å². The average molecular weight is 465 g/mol. The highest BCUT2D eigenvalue weighted by atomic mass is 35.5. The molecule has 1 N–H and O–H groups in total. The van der Waals surface area contributed by atoms with Crippen LogP contribution in [0.15, 0.2) is 58.8 Å². The smallest absolute Gasteiger partial charge is 0.340 e. The van der Waals surface area contributed by atoms with E-state index in [-0.39, 0.29) is 15.5 Å². The molecule has 0 aliphatic carbocycles. The molecule has 3 aromatic rings. The van der Waals surface area contributed by atoms with Gasteiger partial charge < -0.3 is 4.74 Å². The topological polar surface area (TPSA) is 102 Å². The van der Waals surface area contributed by atoms with Crippen LogP contribution in [0.25, 0.3) is 11.3 Å². The van der Waals surface area contributed by atoms with Crippen LogP contribution >= 0.6 is 22.9 Å². The average Bonchev–Trinajstić information content (AvgIpc) is 3.16. The predicted molar refractivity (Wildman–Crippen MR) is 116 cm³/mol. The maximum atomic E-state index is 12.4. The minimum Gasteiger partial charge on any atom is -0.449 e. The van der Waals surface area contributed by atoms with E-state index in [1.165, 1.54) is 30.4 Å². The van der Waals surface area contributed by atoms with Crippen molar-refractivity contribution in [3.8, 4) is 11.3 Å². The first-order chi connectivity index (χ1) is 14.1. The van der Waals surface area contributed by atoms with Gasteiger partial charge in [0.15, 0.2) is 21.1 Å². The molecule has 2 aromatic carbocycles. The monoisotopic (exact) mass is 464 g/mol. The number of halogens is 1. The molecule has 7 nitrogen and oxygen atoms in total. The van der Waals surface area contributed by atoms with Crippen molar-refractivity contribution in [3.63, 3.8) is 0 Å². The van der Waals surface area contributed by atoms with Crippen molar-refractivity contribution in [2.24, 2.45) is 0 Å². The third kappa shape index (κ3) is 5.24. The Bertz CT molecular complexity index is 1190. The minimum atomic E-state index is -3.53. The fraction of sp³-hybridized carbons (Fsp3) is 0.150. The number of carbonyl (C=O) groups excluding carboxylic acids is 2. The first kappa shape index (κ1) is 21.9. The van der Waals surface area contributed by atoms with Crippen molar-refractivity contribution in [3.05, 3.63) is 64.5 Å². The van der Waals surface area contributed by atoms with Crippen LogP contribution in [0, 0.1) is 0 Å². The maximum Gasteiger partial charge on any atom is 0.340 e. The number of nitrogens with zero attached hydrogens (tertiary/aromatic N) is 1. The van der Waals surface area contributed by atoms with Gasteiger partial charge in [0.25, 0.3) is 5.91 Å². The Hall–Kier alpha value is -2.75. The molecule has 0 fully saturated rings. The summed E-state index contributed by atoms with van der Waals surface area (Å²) in [5, 5.41) is 4.79. The van der Waals surface area contributed by atoms with Crippen LogP contribution in [-0.2, 0) is 19.4 Å². The lowest BCUT2D eigenvalue weighted by atomic mass is 10.2. The summed E-state index contributed by atoms with van der Waals surface area (Å²) in [4.78, 5) is 29.1. The molecule has 30 heavy (non-hydrogen) atoms. The van der Waals surface area contributed by atoms with E-state index in [2.05, 4.69) is 10.3 Å². The molecule has 10 heteroatoms. The zero-order chi connectivity index (χ0) is 21.9. The lowest BCUT2D eigenvalue weighted by Crippen LogP contribution is -2.30. The Morgan fingerprint density at radius 2 is 1.87 bits per heavy atom. The summed E-state index contributed by atoms with van der Waals surface area (Å²) in [6.45, 7) is 1.40. The number of hydrogen-bond donors (Lipinski definition) is 1. The zero-order valence-corrected chi connectivity index (χ0v) is 18.3. The van der Waals surface area contributed by atoms with E-state index in [1.54, 1.807) is 5.38 Å². The molecule has 1 atom stereocenters. The summed E-state index contributed by atoms with van der Waals surface area (Å²) < 4.78 is 28.5. The summed E-state index contributed by atoms with van der Waals surface area (Å²) in [6.07, 6.45) is -0.140. The Labute approximate surface area is 182 Å². The zero-order valence-electron chi connectivity index (χ0n) is 16.0. The second-order valence-corrected chi connectivity index (χ2v) is 9.64. The van der Waals surface area contributed by atoms with Gasteiger partial charge in [0.1, 0.15) is 0 Å². The quantitative estimate of drug-likeness (QED) is 0.552. The second kappa shape index (κ2) is 8.95. The van der Waals surface area contributed by atoms with Crippen molar-refractivity contribution >= 4 is 49.8 Å². The third-order valence-electron chi connectivity index (χ3n) is 4.04. The predicted octanol–water partition coefficient (Wildman–Crippen LogP) is 4.05. The molecule has 1 amide bonds. The van der Waals surface area contributed by atoms with Gasteiger partial charge in [0.05, 0.1) is 21.2 Å². The highest BCUT2D eigenvalue weighted by Crippen LogP contribution is 2.25. The number of amides is 1. The number of esters is 1. The summed E-state index contributed by atoms with van der Waals surface area (Å²) in [5.41, 5.74) is 1.49. The molecule has 0 aliphatic heterocycles. The number of ether oxygens (including phenoxy) is 1. The van der Waals surface area contributed by atoms with Crippen LogP contribution in [0.5, 0.6) is 0 Å². The third-order valence-corrected chi connectivity index (χ3v) is 6.24. The first-order valence-electron chi connectivity index (χ1n) is 8.67. The standard InChI is InChI=1S/C20H17ClN2O5S2/c1-12(28-19(25)15-10-14(30(2,26)27)8-9-16(15)21)18(24)23-20-22-17(11-29-20)13-6-4-3-5-7-13/h3-12H,1-2H3,(H,22,23,24). The minimum absolute atomic E-state index is 0.0208. The lowest BCUT2D eigenvalue weighted by Gasteiger charge is -2.13. The Morgan fingerprint density at radius 3 is 2.53 bits per heavy atom. The Kier molecular flexibility index (Phi) is 6.55. The number of sulfone groups is 1. The van der Waals surface area contributed by atoms with Gasteiger partial charge in [-0.3, -0.25) is 10.1 Å². The van der Waals surface area contributed by atoms with Gasteiger partial charge in [-0.25, -0.2) is 18.2 Å². The van der Waals surface area contributed by atoms with E-state index in [1.807, 2.05) is 30.3 Å². The van der Waals surface area contributed by atoms with E-state index in [9.17, 15) is 18.0 Å². The van der Waals surface area contributed by atoms with Crippen molar-refractivity contribution < 1.29 is 22.7 Å². The van der Waals surface area contributed by atoms with Gasteiger partial charge in [-0.1, -0.05) is 41.9 Å². The van der Waals surface area contributed by atoms with Crippen molar-refractivity contribution in [2.45, 2.75) is 17.9 Å². The number of thiazole rings is 1. The summed E-state index contributed by atoms with van der Waals surface area (Å²) in [6, 6.07) is 13.2. The van der Waals surface area contributed by atoms with Gasteiger partial charge in [-0.15, -0.1) is 11.3 Å². The number of nitrogens with one attached hydrogen (secondary N) is 1.